The summed E-state index contributed by atoms with van der Waals surface area (Å²) < 4.78 is 18.7. The maximum atomic E-state index is 13.4. The number of hydrogen-bond donors (Lipinski definition) is 2. The Morgan fingerprint density at radius 1 is 0.805 bits per heavy atom. The van der Waals surface area contributed by atoms with Gasteiger partial charge in [0, 0.05) is 25.3 Å². The Balaban J connectivity index is 1.48. The van der Waals surface area contributed by atoms with Crippen molar-refractivity contribution in [1.82, 2.24) is 10.7 Å². The molecule has 0 saturated carbocycles. The highest BCUT2D eigenvalue weighted by atomic mass is 19.1. The maximum absolute atomic E-state index is 13.4. The monoisotopic (exact) mass is 550 g/mol. The molecule has 0 heterocycles. The van der Waals surface area contributed by atoms with Gasteiger partial charge in [-0.2, -0.15) is 5.10 Å². The Labute approximate surface area is 236 Å². The normalized spacial score (nSPS) is 11.1. The van der Waals surface area contributed by atoms with Gasteiger partial charge in [0.25, 0.3) is 11.8 Å². The van der Waals surface area contributed by atoms with Crippen LogP contribution in [0, 0.1) is 5.82 Å². The smallest absolute Gasteiger partial charge is 0.343 e. The third-order valence-corrected chi connectivity index (χ3v) is 5.76. The zero-order valence-electron chi connectivity index (χ0n) is 22.4. The first kappa shape index (κ1) is 28.4. The average Bonchev–Trinajstić information content (AvgIpc) is 2.97. The van der Waals surface area contributed by atoms with Crippen molar-refractivity contribution in [2.24, 2.45) is 5.10 Å². The van der Waals surface area contributed by atoms with Gasteiger partial charge in [0.15, 0.2) is 0 Å². The zero-order chi connectivity index (χ0) is 29.2. The Morgan fingerprint density at radius 2 is 1.51 bits per heavy atom. The number of nitrogens with one attached hydrogen (secondary N) is 2. The van der Waals surface area contributed by atoms with Crippen LogP contribution in [0.5, 0.6) is 5.75 Å². The molecule has 0 bridgehead atoms. The Morgan fingerprint density at radius 3 is 2.22 bits per heavy atom. The number of amides is 2. The fraction of sp³-hybridized carbons (Fsp3) is 0.0625. The molecule has 0 radical (unpaired) electrons. The summed E-state index contributed by atoms with van der Waals surface area (Å²) in [5.74, 6) is -2.14. The van der Waals surface area contributed by atoms with Crippen LogP contribution in [-0.2, 0) is 4.79 Å². The van der Waals surface area contributed by atoms with Crippen molar-refractivity contribution in [2.75, 3.05) is 19.0 Å². The summed E-state index contributed by atoms with van der Waals surface area (Å²) in [6.45, 7) is 0. The zero-order valence-corrected chi connectivity index (χ0v) is 22.4. The first-order valence-corrected chi connectivity index (χ1v) is 12.6. The molecular weight excluding hydrogens is 523 g/mol. The summed E-state index contributed by atoms with van der Waals surface area (Å²) in [6.07, 6.45) is 2.91. The highest BCUT2D eigenvalue weighted by Crippen LogP contribution is 2.16. The van der Waals surface area contributed by atoms with Crippen LogP contribution in [0.15, 0.2) is 114 Å². The first-order valence-electron chi connectivity index (χ1n) is 12.6. The molecule has 206 valence electrons. The van der Waals surface area contributed by atoms with Gasteiger partial charge < -0.3 is 15.0 Å². The van der Waals surface area contributed by atoms with Crippen molar-refractivity contribution < 1.29 is 23.5 Å². The van der Waals surface area contributed by atoms with Gasteiger partial charge in [0.2, 0.25) is 0 Å². The lowest BCUT2D eigenvalue weighted by Crippen LogP contribution is -2.32. The van der Waals surface area contributed by atoms with Gasteiger partial charge in [-0.1, -0.05) is 48.5 Å². The van der Waals surface area contributed by atoms with E-state index >= 15 is 0 Å². The molecule has 4 aromatic carbocycles. The standard InChI is InChI=1S/C32H27FN4O4/c1-37(2)27-16-14-22(15-17-27)19-29(35-30(38)24-9-4-3-5-10-24)31(39)36-34-21-23-8-6-13-28(18-23)41-32(40)25-11-7-12-26(33)20-25/h3-21H,1-2H3,(H,35,38)(H,36,39)/b29-19+,34-21-. The summed E-state index contributed by atoms with van der Waals surface area (Å²) in [7, 11) is 3.85. The van der Waals surface area contributed by atoms with E-state index in [0.29, 0.717) is 16.7 Å². The summed E-state index contributed by atoms with van der Waals surface area (Å²) in [5, 5.41) is 6.66. The number of halogens is 1. The summed E-state index contributed by atoms with van der Waals surface area (Å²) in [5.41, 5.74) is 5.08. The van der Waals surface area contributed by atoms with Gasteiger partial charge in [0.1, 0.15) is 17.3 Å². The van der Waals surface area contributed by atoms with Gasteiger partial charge in [0.05, 0.1) is 11.8 Å². The van der Waals surface area contributed by atoms with E-state index in [1.807, 2.05) is 43.3 Å². The van der Waals surface area contributed by atoms with E-state index in [1.165, 1.54) is 30.5 Å². The van der Waals surface area contributed by atoms with Crippen LogP contribution >= 0.6 is 0 Å². The van der Waals surface area contributed by atoms with Crippen LogP contribution < -0.4 is 20.4 Å². The molecule has 0 atom stereocenters. The van der Waals surface area contributed by atoms with Crippen molar-refractivity contribution in [3.05, 3.63) is 137 Å². The molecule has 0 aliphatic heterocycles. The van der Waals surface area contributed by atoms with Crippen LogP contribution in [0.3, 0.4) is 0 Å². The highest BCUT2D eigenvalue weighted by molar-refractivity contribution is 6.05. The summed E-state index contributed by atoms with van der Waals surface area (Å²) >= 11 is 0. The molecule has 2 amide bonds. The molecule has 41 heavy (non-hydrogen) atoms. The number of esters is 1. The Kier molecular flexibility index (Phi) is 9.35. The van der Waals surface area contributed by atoms with Gasteiger partial charge in [-0.3, -0.25) is 9.59 Å². The lowest BCUT2D eigenvalue weighted by atomic mass is 10.1. The third-order valence-electron chi connectivity index (χ3n) is 5.76. The molecule has 8 nitrogen and oxygen atoms in total. The molecule has 0 fully saturated rings. The molecule has 0 saturated heterocycles. The number of rotatable bonds is 9. The van der Waals surface area contributed by atoms with Gasteiger partial charge in [-0.25, -0.2) is 14.6 Å². The maximum Gasteiger partial charge on any atom is 0.343 e. The van der Waals surface area contributed by atoms with Crippen molar-refractivity contribution in [1.29, 1.82) is 0 Å². The number of ether oxygens (including phenoxy) is 1. The molecular formula is C32H27FN4O4. The molecule has 2 N–H and O–H groups in total. The van der Waals surface area contributed by atoms with E-state index in [2.05, 4.69) is 15.8 Å². The molecule has 4 rings (SSSR count). The Hall–Kier alpha value is -5.57. The van der Waals surface area contributed by atoms with E-state index in [9.17, 15) is 18.8 Å². The topological polar surface area (TPSA) is 100 Å². The number of carbonyl (C=O) groups excluding carboxylic acids is 3. The van der Waals surface area contributed by atoms with Gasteiger partial charge in [-0.15, -0.1) is 0 Å². The van der Waals surface area contributed by atoms with E-state index < -0.39 is 23.6 Å². The Bertz CT molecular complexity index is 1600. The largest absolute Gasteiger partial charge is 0.423 e. The quantitative estimate of drug-likeness (QED) is 0.100. The molecule has 0 aliphatic rings. The summed E-state index contributed by atoms with van der Waals surface area (Å²) in [4.78, 5) is 40.1. The number of hydrogen-bond acceptors (Lipinski definition) is 6. The molecule has 9 heteroatoms. The van der Waals surface area contributed by atoms with Crippen molar-refractivity contribution in [3.8, 4) is 5.75 Å². The van der Waals surface area contributed by atoms with Crippen molar-refractivity contribution in [2.45, 2.75) is 0 Å². The number of anilines is 1. The first-order chi connectivity index (χ1) is 19.8. The fourth-order valence-electron chi connectivity index (χ4n) is 3.64. The number of nitrogens with zero attached hydrogens (tertiary/aromatic N) is 2. The average molecular weight is 551 g/mol. The molecule has 0 unspecified atom stereocenters. The second-order valence-electron chi connectivity index (χ2n) is 9.04. The van der Waals surface area contributed by atoms with E-state index in [1.54, 1.807) is 54.6 Å². The second kappa shape index (κ2) is 13.5. The fourth-order valence-corrected chi connectivity index (χ4v) is 3.64. The van der Waals surface area contributed by atoms with Gasteiger partial charge in [-0.05, 0) is 71.8 Å². The number of carbonyl (C=O) groups is 3. The molecule has 0 aliphatic carbocycles. The van der Waals surface area contributed by atoms with Crippen LogP contribution in [-0.4, -0.2) is 38.1 Å². The molecule has 0 spiro atoms. The van der Waals surface area contributed by atoms with Crippen LogP contribution in [0.4, 0.5) is 10.1 Å². The van der Waals surface area contributed by atoms with Crippen LogP contribution in [0.25, 0.3) is 6.08 Å². The minimum Gasteiger partial charge on any atom is -0.423 e. The number of benzene rings is 4. The second-order valence-corrected chi connectivity index (χ2v) is 9.04. The predicted molar refractivity (Wildman–Crippen MR) is 156 cm³/mol. The van der Waals surface area contributed by atoms with Crippen molar-refractivity contribution >= 4 is 35.8 Å². The summed E-state index contributed by atoms with van der Waals surface area (Å²) in [6, 6.07) is 27.6. The van der Waals surface area contributed by atoms with Crippen molar-refractivity contribution in [3.63, 3.8) is 0 Å². The SMILES string of the molecule is CN(C)c1ccc(/C=C(/NC(=O)c2ccccc2)C(=O)N/N=C\c2cccc(OC(=O)c3cccc(F)c3)c2)cc1. The highest BCUT2D eigenvalue weighted by Gasteiger charge is 2.15. The van der Waals surface area contributed by atoms with E-state index in [-0.39, 0.29) is 17.0 Å². The third kappa shape index (κ3) is 8.21. The number of hydrazone groups is 1. The van der Waals surface area contributed by atoms with E-state index in [0.717, 1.165) is 11.8 Å². The van der Waals surface area contributed by atoms with E-state index in [4.69, 9.17) is 4.74 Å². The lowest BCUT2D eigenvalue weighted by Gasteiger charge is -2.12. The molecule has 0 aromatic heterocycles. The van der Waals surface area contributed by atoms with Gasteiger partial charge >= 0.3 is 5.97 Å². The minimum absolute atomic E-state index is 0.00798. The molecule has 4 aromatic rings. The lowest BCUT2D eigenvalue weighted by molar-refractivity contribution is -0.117. The minimum atomic E-state index is -0.713. The predicted octanol–water partition coefficient (Wildman–Crippen LogP) is 5.03. The van der Waals surface area contributed by atoms with Crippen LogP contribution in [0.2, 0.25) is 0 Å². The van der Waals surface area contributed by atoms with Crippen LogP contribution in [0.1, 0.15) is 31.8 Å².